The molecule has 1 aliphatic rings. The molecule has 2 heterocycles. The van der Waals surface area contributed by atoms with Crippen LogP contribution < -0.4 is 5.32 Å². The molecule has 0 aliphatic carbocycles. The number of unbranched alkanes of at least 4 members (excludes halogenated alkanes) is 3. The molecule has 1 aromatic heterocycles. The summed E-state index contributed by atoms with van der Waals surface area (Å²) < 4.78 is 5.28. The fourth-order valence-corrected chi connectivity index (χ4v) is 2.14. The van der Waals surface area contributed by atoms with Gasteiger partial charge in [-0.15, -0.1) is 0 Å². The Morgan fingerprint density at radius 3 is 3.22 bits per heavy atom. The molecule has 5 nitrogen and oxygen atoms in total. The van der Waals surface area contributed by atoms with E-state index < -0.39 is 0 Å². The van der Waals surface area contributed by atoms with Gasteiger partial charge in [0.1, 0.15) is 6.04 Å². The zero-order chi connectivity index (χ0) is 12.8. The topological polar surface area (TPSA) is 67.0 Å². The van der Waals surface area contributed by atoms with Crippen LogP contribution in [-0.2, 0) is 22.5 Å². The van der Waals surface area contributed by atoms with Crippen LogP contribution >= 0.6 is 0 Å². The van der Waals surface area contributed by atoms with E-state index in [4.69, 9.17) is 4.74 Å². The normalized spacial score (nSPS) is 18.4. The summed E-state index contributed by atoms with van der Waals surface area (Å²) in [5.41, 5.74) is 2.05. The van der Waals surface area contributed by atoms with Crippen LogP contribution in [0.15, 0.2) is 6.33 Å². The molecule has 0 saturated carbocycles. The number of imidazole rings is 1. The molecular formula is C13H21N3O2. The molecule has 18 heavy (non-hydrogen) atoms. The standard InChI is InChI=1S/C13H21N3O2/c1-2-3-4-5-6-18-13(17)11-7-10-12(8-14-11)16-9-15-10/h9,11,14H,2-8H2,1H3,(H,15,16). The number of aromatic nitrogens is 2. The van der Waals surface area contributed by atoms with Crippen LogP contribution in [0, 0.1) is 0 Å². The number of nitrogens with zero attached hydrogens (tertiary/aromatic N) is 1. The molecule has 0 radical (unpaired) electrons. The summed E-state index contributed by atoms with van der Waals surface area (Å²) >= 11 is 0. The summed E-state index contributed by atoms with van der Waals surface area (Å²) in [6.07, 6.45) is 6.78. The number of rotatable bonds is 6. The molecule has 5 heteroatoms. The minimum absolute atomic E-state index is 0.153. The summed E-state index contributed by atoms with van der Waals surface area (Å²) in [5, 5.41) is 3.17. The Labute approximate surface area is 107 Å². The fourth-order valence-electron chi connectivity index (χ4n) is 2.14. The first-order valence-corrected chi connectivity index (χ1v) is 6.72. The van der Waals surface area contributed by atoms with Crippen molar-refractivity contribution in [2.24, 2.45) is 0 Å². The van der Waals surface area contributed by atoms with Gasteiger partial charge in [-0.2, -0.15) is 0 Å². The summed E-state index contributed by atoms with van der Waals surface area (Å²) in [4.78, 5) is 19.1. The Bertz CT molecular complexity index is 389. The van der Waals surface area contributed by atoms with E-state index in [1.165, 1.54) is 12.8 Å². The molecule has 0 spiro atoms. The Kier molecular flexibility index (Phi) is 4.75. The molecular weight excluding hydrogens is 230 g/mol. The third-order valence-corrected chi connectivity index (χ3v) is 3.26. The molecule has 0 amide bonds. The van der Waals surface area contributed by atoms with Crippen LogP contribution in [0.1, 0.15) is 44.0 Å². The van der Waals surface area contributed by atoms with Gasteiger partial charge in [-0.05, 0) is 6.42 Å². The second kappa shape index (κ2) is 6.54. The number of carbonyl (C=O) groups excluding carboxylic acids is 1. The van der Waals surface area contributed by atoms with E-state index in [9.17, 15) is 4.79 Å². The quantitative estimate of drug-likeness (QED) is 0.594. The second-order valence-electron chi connectivity index (χ2n) is 4.69. The van der Waals surface area contributed by atoms with E-state index in [0.717, 1.165) is 24.2 Å². The average molecular weight is 251 g/mol. The van der Waals surface area contributed by atoms with Crippen molar-refractivity contribution in [3.8, 4) is 0 Å². The summed E-state index contributed by atoms with van der Waals surface area (Å²) in [6, 6.07) is -0.244. The van der Waals surface area contributed by atoms with Gasteiger partial charge in [-0.1, -0.05) is 26.2 Å². The number of hydrogen-bond acceptors (Lipinski definition) is 4. The minimum Gasteiger partial charge on any atom is -0.465 e. The van der Waals surface area contributed by atoms with Gasteiger partial charge >= 0.3 is 5.97 Å². The number of fused-ring (bicyclic) bond motifs is 1. The lowest BCUT2D eigenvalue weighted by Crippen LogP contribution is -2.42. The smallest absolute Gasteiger partial charge is 0.323 e. The number of hydrogen-bond donors (Lipinski definition) is 2. The Morgan fingerprint density at radius 1 is 1.50 bits per heavy atom. The van der Waals surface area contributed by atoms with Gasteiger partial charge < -0.3 is 9.72 Å². The van der Waals surface area contributed by atoms with Gasteiger partial charge in [0.2, 0.25) is 0 Å². The minimum atomic E-state index is -0.244. The molecule has 1 unspecified atom stereocenters. The van der Waals surface area contributed by atoms with Gasteiger partial charge in [-0.25, -0.2) is 4.98 Å². The third-order valence-electron chi connectivity index (χ3n) is 3.26. The lowest BCUT2D eigenvalue weighted by molar-refractivity contribution is -0.146. The van der Waals surface area contributed by atoms with Crippen LogP contribution in [0.25, 0.3) is 0 Å². The molecule has 0 bridgehead atoms. The van der Waals surface area contributed by atoms with Gasteiger partial charge in [0.05, 0.1) is 24.3 Å². The van der Waals surface area contributed by atoms with Crippen LogP contribution in [0.5, 0.6) is 0 Å². The van der Waals surface area contributed by atoms with Crippen LogP contribution in [0.2, 0.25) is 0 Å². The summed E-state index contributed by atoms with van der Waals surface area (Å²) in [7, 11) is 0. The van der Waals surface area contributed by atoms with Crippen molar-refractivity contribution in [2.45, 2.75) is 51.6 Å². The molecule has 2 N–H and O–H groups in total. The van der Waals surface area contributed by atoms with E-state index in [1.54, 1.807) is 6.33 Å². The van der Waals surface area contributed by atoms with Crippen molar-refractivity contribution < 1.29 is 9.53 Å². The number of H-pyrrole nitrogens is 1. The van der Waals surface area contributed by atoms with Crippen molar-refractivity contribution in [3.63, 3.8) is 0 Å². The Morgan fingerprint density at radius 2 is 2.39 bits per heavy atom. The Balaban J connectivity index is 1.71. The predicted octanol–water partition coefficient (Wildman–Crippen LogP) is 1.55. The molecule has 0 saturated heterocycles. The van der Waals surface area contributed by atoms with Crippen LogP contribution in [0.3, 0.4) is 0 Å². The lowest BCUT2D eigenvalue weighted by Gasteiger charge is -2.21. The van der Waals surface area contributed by atoms with E-state index in [0.29, 0.717) is 19.6 Å². The molecule has 1 aromatic rings. The molecule has 1 atom stereocenters. The molecule has 1 aliphatic heterocycles. The maximum absolute atomic E-state index is 11.8. The van der Waals surface area contributed by atoms with Crippen molar-refractivity contribution in [2.75, 3.05) is 6.61 Å². The highest BCUT2D eigenvalue weighted by Crippen LogP contribution is 2.13. The van der Waals surface area contributed by atoms with Crippen molar-refractivity contribution in [1.29, 1.82) is 0 Å². The van der Waals surface area contributed by atoms with Crippen molar-refractivity contribution in [3.05, 3.63) is 17.7 Å². The first-order chi connectivity index (χ1) is 8.81. The summed E-state index contributed by atoms with van der Waals surface area (Å²) in [6.45, 7) is 3.36. The summed E-state index contributed by atoms with van der Waals surface area (Å²) in [5.74, 6) is -0.153. The second-order valence-corrected chi connectivity index (χ2v) is 4.69. The lowest BCUT2D eigenvalue weighted by atomic mass is 10.1. The average Bonchev–Trinajstić information content (AvgIpc) is 2.85. The number of carbonyl (C=O) groups is 1. The maximum atomic E-state index is 11.8. The zero-order valence-corrected chi connectivity index (χ0v) is 10.9. The first-order valence-electron chi connectivity index (χ1n) is 6.72. The zero-order valence-electron chi connectivity index (χ0n) is 10.9. The van der Waals surface area contributed by atoms with Crippen LogP contribution in [0.4, 0.5) is 0 Å². The highest BCUT2D eigenvalue weighted by atomic mass is 16.5. The number of ether oxygens (including phenoxy) is 1. The van der Waals surface area contributed by atoms with Gasteiger partial charge in [0.25, 0.3) is 0 Å². The number of nitrogens with one attached hydrogen (secondary N) is 2. The highest BCUT2D eigenvalue weighted by Gasteiger charge is 2.26. The fraction of sp³-hybridized carbons (Fsp3) is 0.692. The van der Waals surface area contributed by atoms with Gasteiger partial charge in [0.15, 0.2) is 0 Å². The first kappa shape index (κ1) is 13.1. The molecule has 100 valence electrons. The SMILES string of the molecule is CCCCCCOC(=O)C1Cc2nc[nH]c2CN1. The maximum Gasteiger partial charge on any atom is 0.323 e. The highest BCUT2D eigenvalue weighted by molar-refractivity contribution is 5.76. The van der Waals surface area contributed by atoms with E-state index in [1.807, 2.05) is 0 Å². The van der Waals surface area contributed by atoms with Crippen molar-refractivity contribution >= 4 is 5.97 Å². The number of esters is 1. The molecule has 0 aromatic carbocycles. The van der Waals surface area contributed by atoms with E-state index >= 15 is 0 Å². The van der Waals surface area contributed by atoms with E-state index in [-0.39, 0.29) is 12.0 Å². The largest absolute Gasteiger partial charge is 0.465 e. The molecule has 2 rings (SSSR count). The Hall–Kier alpha value is -1.36. The van der Waals surface area contributed by atoms with E-state index in [2.05, 4.69) is 22.2 Å². The monoisotopic (exact) mass is 251 g/mol. The van der Waals surface area contributed by atoms with Crippen molar-refractivity contribution in [1.82, 2.24) is 15.3 Å². The molecule has 0 fully saturated rings. The third kappa shape index (κ3) is 3.32. The number of aromatic amines is 1. The predicted molar refractivity (Wildman–Crippen MR) is 68.0 cm³/mol. The van der Waals surface area contributed by atoms with Gasteiger partial charge in [-0.3, -0.25) is 10.1 Å². The van der Waals surface area contributed by atoms with Gasteiger partial charge in [0, 0.05) is 13.0 Å². The van der Waals surface area contributed by atoms with Crippen LogP contribution in [-0.4, -0.2) is 28.6 Å².